The highest BCUT2D eigenvalue weighted by atomic mass is 35.5. The molecule has 4 aromatic rings. The summed E-state index contributed by atoms with van der Waals surface area (Å²) in [5.74, 6) is 1.99. The fourth-order valence-electron chi connectivity index (χ4n) is 6.08. The minimum atomic E-state index is -0.625. The third-order valence-electron chi connectivity index (χ3n) is 8.12. The van der Waals surface area contributed by atoms with Crippen LogP contribution in [0.3, 0.4) is 0 Å². The van der Waals surface area contributed by atoms with Gasteiger partial charge in [-0.25, -0.2) is 14.8 Å². The second-order valence-electron chi connectivity index (χ2n) is 10.9. The SMILES string of the molecule is CC1CCC(Cn2c(N3[C@@H](C)CC[C@@H]3C)nc3cc(-c4noc(=O)[nH]4)nc(-c4cncc(Cl)c4)c32)CC1. The molecule has 0 amide bonds. The summed E-state index contributed by atoms with van der Waals surface area (Å²) in [6.45, 7) is 7.80. The minimum absolute atomic E-state index is 0.267. The van der Waals surface area contributed by atoms with Crippen molar-refractivity contribution >= 4 is 28.6 Å². The molecule has 5 heterocycles. The van der Waals surface area contributed by atoms with E-state index in [9.17, 15) is 4.79 Å². The molecular weight excluding hydrogens is 490 g/mol. The predicted molar refractivity (Wildman–Crippen MR) is 144 cm³/mol. The Balaban J connectivity index is 1.59. The first-order chi connectivity index (χ1) is 17.9. The van der Waals surface area contributed by atoms with E-state index < -0.39 is 5.76 Å². The van der Waals surface area contributed by atoms with E-state index >= 15 is 0 Å². The van der Waals surface area contributed by atoms with Crippen molar-refractivity contribution in [1.29, 1.82) is 0 Å². The fourth-order valence-corrected chi connectivity index (χ4v) is 6.25. The van der Waals surface area contributed by atoms with Gasteiger partial charge in [-0.2, -0.15) is 0 Å². The van der Waals surface area contributed by atoms with Gasteiger partial charge in [-0.05, 0) is 63.5 Å². The normalized spacial score (nSPS) is 24.3. The molecule has 1 saturated carbocycles. The molecule has 2 aliphatic rings. The summed E-state index contributed by atoms with van der Waals surface area (Å²) >= 11 is 6.37. The zero-order valence-corrected chi connectivity index (χ0v) is 22.2. The standard InChI is InChI=1S/C27H32ClN7O2/c1-15-4-8-18(9-5-15)14-34-24-21(31-26(34)35-16(2)6-7-17(35)3)11-22(25-32-27(36)37-33-25)30-23(24)19-10-20(28)13-29-12-19/h10-13,15-18H,4-9,14H2,1-3H3,(H,32,33,36)/t15?,16-,17-,18?/m0/s1. The maximum absolute atomic E-state index is 11.7. The van der Waals surface area contributed by atoms with Gasteiger partial charge in [0.05, 0.1) is 21.7 Å². The number of imidazole rings is 1. The number of fused-ring (bicyclic) bond motifs is 1. The molecule has 2 atom stereocenters. The summed E-state index contributed by atoms with van der Waals surface area (Å²) in [7, 11) is 0. The predicted octanol–water partition coefficient (Wildman–Crippen LogP) is 5.69. The number of halogens is 1. The Morgan fingerprint density at radius 2 is 1.78 bits per heavy atom. The number of hydrogen-bond acceptors (Lipinski definition) is 7. The van der Waals surface area contributed by atoms with Crippen molar-refractivity contribution in [3.05, 3.63) is 40.1 Å². The van der Waals surface area contributed by atoms with Gasteiger partial charge in [0, 0.05) is 36.6 Å². The van der Waals surface area contributed by atoms with Gasteiger partial charge in [-0.3, -0.25) is 14.5 Å². The average Bonchev–Trinajstić information content (AvgIpc) is 3.56. The summed E-state index contributed by atoms with van der Waals surface area (Å²) in [4.78, 5) is 31.3. The van der Waals surface area contributed by atoms with Crippen LogP contribution in [0.1, 0.15) is 59.3 Å². The third-order valence-corrected chi connectivity index (χ3v) is 8.33. The summed E-state index contributed by atoms with van der Waals surface area (Å²) in [5.41, 5.74) is 3.75. The molecule has 1 aliphatic heterocycles. The molecule has 194 valence electrons. The number of nitrogens with zero attached hydrogens (tertiary/aromatic N) is 6. The highest BCUT2D eigenvalue weighted by Crippen LogP contribution is 2.39. The average molecular weight is 522 g/mol. The van der Waals surface area contributed by atoms with Crippen LogP contribution in [0.4, 0.5) is 5.95 Å². The molecule has 10 heteroatoms. The van der Waals surface area contributed by atoms with Crippen molar-refractivity contribution in [2.75, 3.05) is 4.90 Å². The lowest BCUT2D eigenvalue weighted by molar-refractivity contribution is 0.266. The zero-order valence-electron chi connectivity index (χ0n) is 21.4. The molecule has 1 N–H and O–H groups in total. The van der Waals surface area contributed by atoms with E-state index in [2.05, 4.69) is 45.4 Å². The van der Waals surface area contributed by atoms with E-state index in [4.69, 9.17) is 26.1 Å². The number of nitrogens with one attached hydrogen (secondary N) is 1. The smallest absolute Gasteiger partial charge is 0.337 e. The van der Waals surface area contributed by atoms with Crippen LogP contribution < -0.4 is 10.7 Å². The molecule has 9 nitrogen and oxygen atoms in total. The van der Waals surface area contributed by atoms with E-state index in [1.54, 1.807) is 12.4 Å². The lowest BCUT2D eigenvalue weighted by atomic mass is 9.83. The third kappa shape index (κ3) is 4.54. The lowest BCUT2D eigenvalue weighted by Gasteiger charge is -2.31. The maximum atomic E-state index is 11.7. The summed E-state index contributed by atoms with van der Waals surface area (Å²) in [6.07, 6.45) is 10.6. The summed E-state index contributed by atoms with van der Waals surface area (Å²) < 4.78 is 7.16. The monoisotopic (exact) mass is 521 g/mol. The summed E-state index contributed by atoms with van der Waals surface area (Å²) in [6, 6.07) is 4.55. The number of hydrogen-bond donors (Lipinski definition) is 1. The Morgan fingerprint density at radius 3 is 2.46 bits per heavy atom. The molecule has 1 saturated heterocycles. The van der Waals surface area contributed by atoms with Crippen molar-refractivity contribution in [3.63, 3.8) is 0 Å². The first-order valence-corrected chi connectivity index (χ1v) is 13.6. The van der Waals surface area contributed by atoms with Gasteiger partial charge in [-0.15, -0.1) is 0 Å². The van der Waals surface area contributed by atoms with Crippen molar-refractivity contribution in [2.24, 2.45) is 11.8 Å². The number of anilines is 1. The number of H-pyrrole nitrogens is 1. The Bertz CT molecular complexity index is 1470. The maximum Gasteiger partial charge on any atom is 0.439 e. The Labute approximate surface area is 220 Å². The largest absolute Gasteiger partial charge is 0.439 e. The highest BCUT2D eigenvalue weighted by molar-refractivity contribution is 6.30. The van der Waals surface area contributed by atoms with Crippen molar-refractivity contribution in [3.8, 4) is 22.8 Å². The van der Waals surface area contributed by atoms with Gasteiger partial charge in [-0.1, -0.05) is 36.5 Å². The van der Waals surface area contributed by atoms with Crippen LogP contribution in [0.5, 0.6) is 0 Å². The van der Waals surface area contributed by atoms with E-state index in [-0.39, 0.29) is 5.82 Å². The van der Waals surface area contributed by atoms with Gasteiger partial charge in [0.25, 0.3) is 0 Å². The van der Waals surface area contributed by atoms with Gasteiger partial charge in [0.15, 0.2) is 0 Å². The lowest BCUT2D eigenvalue weighted by Crippen LogP contribution is -2.35. The van der Waals surface area contributed by atoms with Crippen molar-refractivity contribution in [1.82, 2.24) is 29.7 Å². The van der Waals surface area contributed by atoms with Crippen molar-refractivity contribution < 1.29 is 4.52 Å². The zero-order chi connectivity index (χ0) is 25.7. The second-order valence-corrected chi connectivity index (χ2v) is 11.3. The van der Waals surface area contributed by atoms with Crippen molar-refractivity contribution in [2.45, 2.75) is 77.9 Å². The topological polar surface area (TPSA) is 106 Å². The number of aromatic nitrogens is 6. The molecular formula is C27H32ClN7O2. The molecule has 0 spiro atoms. The highest BCUT2D eigenvalue weighted by Gasteiger charge is 2.33. The molecule has 0 aromatic carbocycles. The van der Waals surface area contributed by atoms with E-state index in [0.29, 0.717) is 34.4 Å². The van der Waals surface area contributed by atoms with Gasteiger partial charge in [0.1, 0.15) is 5.69 Å². The van der Waals surface area contributed by atoms with E-state index in [1.165, 1.54) is 25.7 Å². The van der Waals surface area contributed by atoms with Gasteiger partial charge in [0.2, 0.25) is 11.8 Å². The minimum Gasteiger partial charge on any atom is -0.337 e. The van der Waals surface area contributed by atoms with Crippen LogP contribution in [0.25, 0.3) is 33.8 Å². The van der Waals surface area contributed by atoms with Crippen LogP contribution in [0.2, 0.25) is 5.02 Å². The fraction of sp³-hybridized carbons (Fsp3) is 0.519. The number of pyridine rings is 2. The molecule has 2 fully saturated rings. The molecule has 0 unspecified atom stereocenters. The first kappa shape index (κ1) is 24.2. The number of rotatable bonds is 5. The van der Waals surface area contributed by atoms with Crippen LogP contribution in [-0.4, -0.2) is 41.7 Å². The second kappa shape index (κ2) is 9.59. The van der Waals surface area contributed by atoms with Crippen LogP contribution in [0.15, 0.2) is 33.8 Å². The molecule has 1 aliphatic carbocycles. The summed E-state index contributed by atoms with van der Waals surface area (Å²) in [5, 5.41) is 4.41. The molecule has 6 rings (SSSR count). The first-order valence-electron chi connectivity index (χ1n) is 13.2. The van der Waals surface area contributed by atoms with E-state index in [1.807, 2.05) is 12.1 Å². The molecule has 0 bridgehead atoms. The quantitative estimate of drug-likeness (QED) is 0.359. The molecule has 37 heavy (non-hydrogen) atoms. The van der Waals surface area contributed by atoms with E-state index in [0.717, 1.165) is 47.8 Å². The Morgan fingerprint density at radius 1 is 1.03 bits per heavy atom. The van der Waals surface area contributed by atoms with Crippen LogP contribution >= 0.6 is 11.6 Å². The molecule has 4 aromatic heterocycles. The van der Waals surface area contributed by atoms with Gasteiger partial charge < -0.3 is 9.47 Å². The van der Waals surface area contributed by atoms with Crippen LogP contribution in [-0.2, 0) is 6.54 Å². The van der Waals surface area contributed by atoms with Gasteiger partial charge >= 0.3 is 5.76 Å². The Hall–Kier alpha value is -3.20. The Kier molecular flexibility index (Phi) is 6.26. The molecule has 0 radical (unpaired) electrons. The van der Waals surface area contributed by atoms with Crippen LogP contribution in [0, 0.1) is 11.8 Å². The number of aromatic amines is 1.